The summed E-state index contributed by atoms with van der Waals surface area (Å²) >= 11 is 12.0. The van der Waals surface area contributed by atoms with Crippen molar-refractivity contribution in [1.82, 2.24) is 0 Å². The van der Waals surface area contributed by atoms with E-state index < -0.39 is 0 Å². The third-order valence-electron chi connectivity index (χ3n) is 3.74. The highest BCUT2D eigenvalue weighted by Gasteiger charge is 2.15. The van der Waals surface area contributed by atoms with Crippen LogP contribution in [-0.4, -0.2) is 5.78 Å². The van der Waals surface area contributed by atoms with Crippen LogP contribution in [0.1, 0.15) is 21.5 Å². The fourth-order valence-corrected chi connectivity index (χ4v) is 2.92. The summed E-state index contributed by atoms with van der Waals surface area (Å²) < 4.78 is 1.83. The molecule has 5 heteroatoms. The van der Waals surface area contributed by atoms with Crippen LogP contribution in [0.3, 0.4) is 0 Å². The maximum atomic E-state index is 12.4. The molecule has 0 unspecified atom stereocenters. The first-order valence-electron chi connectivity index (χ1n) is 7.82. The van der Waals surface area contributed by atoms with Gasteiger partial charge in [0.15, 0.2) is 12.4 Å². The molecule has 2 aromatic carbocycles. The van der Waals surface area contributed by atoms with E-state index in [1.54, 1.807) is 18.2 Å². The van der Waals surface area contributed by atoms with E-state index in [9.17, 15) is 4.79 Å². The number of halogens is 3. The number of nitrogens with zero attached hydrogens (tertiary/aromatic N) is 1. The summed E-state index contributed by atoms with van der Waals surface area (Å²) in [5.74, 6) is -0.0563. The minimum absolute atomic E-state index is 0. The molecule has 1 heterocycles. The van der Waals surface area contributed by atoms with E-state index in [2.05, 4.69) is 6.08 Å². The summed E-state index contributed by atoms with van der Waals surface area (Å²) in [4.78, 5) is 12.4. The highest BCUT2D eigenvalue weighted by atomic mass is 79.9. The molecule has 26 heavy (non-hydrogen) atoms. The van der Waals surface area contributed by atoms with Gasteiger partial charge in [0.2, 0.25) is 12.3 Å². The molecule has 3 aromatic rings. The predicted octanol–water partition coefficient (Wildman–Crippen LogP) is 2.34. The molecule has 0 bridgehead atoms. The molecular formula is C21H16BrCl2NO. The van der Waals surface area contributed by atoms with Crippen molar-refractivity contribution in [3.8, 4) is 0 Å². The molecule has 2 nitrogen and oxygen atoms in total. The maximum Gasteiger partial charge on any atom is 0.229 e. The van der Waals surface area contributed by atoms with E-state index in [1.165, 1.54) is 0 Å². The quantitative estimate of drug-likeness (QED) is 0.433. The van der Waals surface area contributed by atoms with Gasteiger partial charge in [-0.25, -0.2) is 0 Å². The maximum absolute atomic E-state index is 12.4. The van der Waals surface area contributed by atoms with Gasteiger partial charge in [-0.1, -0.05) is 65.7 Å². The lowest BCUT2D eigenvalue weighted by molar-refractivity contribution is -0.683. The molecule has 0 fully saturated rings. The number of hydrogen-bond donors (Lipinski definition) is 0. The SMILES string of the molecule is O=C(C[n+]1ccc(/C=C/c2ccccc2)cc1)c1ccc(Cl)cc1Cl.[Br-]. The monoisotopic (exact) mass is 447 g/mol. The van der Waals surface area contributed by atoms with Crippen molar-refractivity contribution in [1.29, 1.82) is 0 Å². The van der Waals surface area contributed by atoms with Gasteiger partial charge in [0.25, 0.3) is 0 Å². The Bertz CT molecular complexity index is 909. The van der Waals surface area contributed by atoms with Crippen LogP contribution in [0.15, 0.2) is 73.1 Å². The van der Waals surface area contributed by atoms with Crippen LogP contribution in [0.4, 0.5) is 0 Å². The van der Waals surface area contributed by atoms with Gasteiger partial charge < -0.3 is 17.0 Å². The first-order valence-corrected chi connectivity index (χ1v) is 8.58. The Balaban J connectivity index is 0.00000243. The second-order valence-electron chi connectivity index (χ2n) is 5.60. The molecule has 3 rings (SSSR count). The summed E-state index contributed by atoms with van der Waals surface area (Å²) in [6.45, 7) is 0.226. The number of Topliss-reactive ketones (excluding diaryl/α,β-unsaturated/α-hetero) is 1. The van der Waals surface area contributed by atoms with Crippen molar-refractivity contribution >= 4 is 41.1 Å². The third kappa shape index (κ3) is 5.53. The van der Waals surface area contributed by atoms with Crippen molar-refractivity contribution in [2.75, 3.05) is 0 Å². The van der Waals surface area contributed by atoms with E-state index in [-0.39, 0.29) is 29.3 Å². The number of benzene rings is 2. The fraction of sp³-hybridized carbons (Fsp3) is 0.0476. The van der Waals surface area contributed by atoms with E-state index in [0.29, 0.717) is 15.6 Å². The van der Waals surface area contributed by atoms with Gasteiger partial charge in [0.1, 0.15) is 0 Å². The normalized spacial score (nSPS) is 10.5. The molecule has 1 aromatic heterocycles. The molecule has 0 aliphatic rings. The lowest BCUT2D eigenvalue weighted by Gasteiger charge is -2.02. The van der Waals surface area contributed by atoms with Gasteiger partial charge in [0, 0.05) is 22.7 Å². The summed E-state index contributed by atoms with van der Waals surface area (Å²) in [7, 11) is 0. The van der Waals surface area contributed by atoms with E-state index >= 15 is 0 Å². The third-order valence-corrected chi connectivity index (χ3v) is 4.29. The lowest BCUT2D eigenvalue weighted by Crippen LogP contribution is -3.00. The smallest absolute Gasteiger partial charge is 0.229 e. The highest BCUT2D eigenvalue weighted by molar-refractivity contribution is 6.36. The number of carbonyl (C=O) groups excluding carboxylic acids is 1. The number of aromatic nitrogens is 1. The number of pyridine rings is 1. The Morgan fingerprint density at radius 3 is 2.12 bits per heavy atom. The van der Waals surface area contributed by atoms with Crippen LogP contribution in [-0.2, 0) is 6.54 Å². The fourth-order valence-electron chi connectivity index (χ4n) is 2.41. The predicted molar refractivity (Wildman–Crippen MR) is 103 cm³/mol. The molecule has 0 atom stereocenters. The van der Waals surface area contributed by atoms with E-state index in [1.807, 2.05) is 65.5 Å². The summed E-state index contributed by atoms with van der Waals surface area (Å²) in [6.07, 6.45) is 7.86. The van der Waals surface area contributed by atoms with Crippen molar-refractivity contribution in [2.24, 2.45) is 0 Å². The molecule has 132 valence electrons. The molecule has 0 N–H and O–H groups in total. The van der Waals surface area contributed by atoms with Crippen molar-refractivity contribution in [3.63, 3.8) is 0 Å². The Morgan fingerprint density at radius 2 is 1.50 bits per heavy atom. The topological polar surface area (TPSA) is 20.9 Å². The molecule has 0 saturated heterocycles. The van der Waals surface area contributed by atoms with Crippen LogP contribution in [0.5, 0.6) is 0 Å². The van der Waals surface area contributed by atoms with E-state index in [4.69, 9.17) is 23.2 Å². The average molecular weight is 449 g/mol. The van der Waals surface area contributed by atoms with E-state index in [0.717, 1.165) is 11.1 Å². The highest BCUT2D eigenvalue weighted by Crippen LogP contribution is 2.21. The Hall–Kier alpha value is -1.94. The van der Waals surface area contributed by atoms with Crippen molar-refractivity contribution in [2.45, 2.75) is 6.54 Å². The van der Waals surface area contributed by atoms with Gasteiger partial charge >= 0.3 is 0 Å². The minimum Gasteiger partial charge on any atom is -1.00 e. The van der Waals surface area contributed by atoms with Gasteiger partial charge in [0.05, 0.1) is 5.02 Å². The zero-order chi connectivity index (χ0) is 17.6. The number of hydrogen-bond acceptors (Lipinski definition) is 1. The molecule has 0 spiro atoms. The molecule has 0 aliphatic heterocycles. The second kappa shape index (κ2) is 9.67. The number of rotatable bonds is 5. The standard InChI is InChI=1S/C21H16Cl2NO.BrH/c22-18-8-9-19(20(23)14-18)21(25)15-24-12-10-17(11-13-24)7-6-16-4-2-1-3-5-16;/h1-14H,15H2;1H/q+1;/p-1/b7-6+;. The first-order chi connectivity index (χ1) is 12.1. The molecular weight excluding hydrogens is 433 g/mol. The van der Waals surface area contributed by atoms with Crippen LogP contribution < -0.4 is 21.5 Å². The average Bonchev–Trinajstić information content (AvgIpc) is 2.62. The summed E-state index contributed by atoms with van der Waals surface area (Å²) in [5.41, 5.74) is 2.69. The zero-order valence-electron chi connectivity index (χ0n) is 13.8. The second-order valence-corrected chi connectivity index (χ2v) is 6.44. The van der Waals surface area contributed by atoms with Crippen molar-refractivity contribution in [3.05, 3.63) is 99.8 Å². The largest absolute Gasteiger partial charge is 1.00 e. The summed E-state index contributed by atoms with van der Waals surface area (Å²) in [5, 5.41) is 0.893. The molecule has 0 aliphatic carbocycles. The zero-order valence-corrected chi connectivity index (χ0v) is 16.9. The molecule has 0 radical (unpaired) electrons. The minimum atomic E-state index is -0.0563. The summed E-state index contributed by atoms with van der Waals surface area (Å²) in [6, 6.07) is 18.9. The Labute approximate surface area is 173 Å². The number of carbonyl (C=O) groups is 1. The Kier molecular flexibility index (Phi) is 7.58. The van der Waals surface area contributed by atoms with Crippen LogP contribution in [0.25, 0.3) is 12.2 Å². The van der Waals surface area contributed by atoms with Crippen molar-refractivity contribution < 1.29 is 26.3 Å². The van der Waals surface area contributed by atoms with Crippen LogP contribution in [0, 0.1) is 0 Å². The number of ketones is 1. The Morgan fingerprint density at radius 1 is 0.885 bits per heavy atom. The van der Waals surface area contributed by atoms with Gasteiger partial charge in [-0.15, -0.1) is 0 Å². The molecule has 0 saturated carbocycles. The van der Waals surface area contributed by atoms with Gasteiger partial charge in [-0.2, -0.15) is 4.57 Å². The van der Waals surface area contributed by atoms with Gasteiger partial charge in [-0.3, -0.25) is 4.79 Å². The van der Waals surface area contributed by atoms with Gasteiger partial charge in [-0.05, 0) is 29.3 Å². The van der Waals surface area contributed by atoms with Crippen LogP contribution >= 0.6 is 23.2 Å². The molecule has 0 amide bonds. The first kappa shape index (κ1) is 20.4. The van der Waals surface area contributed by atoms with Crippen LogP contribution in [0.2, 0.25) is 10.0 Å². The lowest BCUT2D eigenvalue weighted by atomic mass is 10.1.